The van der Waals surface area contributed by atoms with Crippen LogP contribution in [0.25, 0.3) is 0 Å². The van der Waals surface area contributed by atoms with Gasteiger partial charge < -0.3 is 4.74 Å². The first-order valence-electron chi connectivity index (χ1n) is 9.22. The molecule has 3 unspecified atom stereocenters. The first-order valence-corrected chi connectivity index (χ1v) is 11.5. The average Bonchev–Trinajstić information content (AvgIpc) is 3.06. The minimum atomic E-state index is -3.71. The number of benzene rings is 1. The molecule has 10 heteroatoms. The monoisotopic (exact) mass is 450 g/mol. The Hall–Kier alpha value is -0.900. The molecule has 3 atom stereocenters. The van der Waals surface area contributed by atoms with Gasteiger partial charge in [-0.2, -0.15) is 5.06 Å². The Balaban J connectivity index is 1.85. The quantitative estimate of drug-likeness (QED) is 0.641. The molecule has 2 aliphatic heterocycles. The zero-order chi connectivity index (χ0) is 20.5. The Kier molecular flexibility index (Phi) is 6.89. The van der Waals surface area contributed by atoms with E-state index in [1.165, 1.54) is 9.37 Å². The minimum absolute atomic E-state index is 0.0321. The summed E-state index contributed by atoms with van der Waals surface area (Å²) < 4.78 is 33.3. The highest BCUT2D eigenvalue weighted by atomic mass is 35.5. The molecule has 2 fully saturated rings. The number of ether oxygens (including phenoxy) is 1. The van der Waals surface area contributed by atoms with Crippen molar-refractivity contribution in [3.8, 4) is 0 Å². The Morgan fingerprint density at radius 1 is 1.32 bits per heavy atom. The zero-order valence-corrected chi connectivity index (χ0v) is 18.1. The lowest BCUT2D eigenvalue weighted by molar-refractivity contribution is -0.149. The van der Waals surface area contributed by atoms with Crippen molar-refractivity contribution in [3.63, 3.8) is 0 Å². The second kappa shape index (κ2) is 8.85. The van der Waals surface area contributed by atoms with E-state index in [0.29, 0.717) is 35.0 Å². The molecule has 0 spiro atoms. The zero-order valence-electron chi connectivity index (χ0n) is 15.8. The number of hydrogen-bond donors (Lipinski definition) is 0. The predicted octanol–water partition coefficient (Wildman–Crippen LogP) is 2.89. The number of esters is 1. The molecule has 0 aliphatic carbocycles. The van der Waals surface area contributed by atoms with Crippen LogP contribution < -0.4 is 0 Å². The summed E-state index contributed by atoms with van der Waals surface area (Å²) in [6.45, 7) is 2.57. The average molecular weight is 451 g/mol. The van der Waals surface area contributed by atoms with Crippen molar-refractivity contribution >= 4 is 39.2 Å². The van der Waals surface area contributed by atoms with E-state index in [-0.39, 0.29) is 25.7 Å². The largest absolute Gasteiger partial charge is 0.466 e. The molecule has 0 radical (unpaired) electrons. The van der Waals surface area contributed by atoms with Gasteiger partial charge in [-0.05, 0) is 37.5 Å². The summed E-state index contributed by atoms with van der Waals surface area (Å²) in [5.41, 5.74) is 0.710. The molecule has 2 aliphatic rings. The molecule has 2 heterocycles. The topological polar surface area (TPSA) is 76.1 Å². The number of piperidine rings is 1. The van der Waals surface area contributed by atoms with E-state index in [4.69, 9.17) is 32.8 Å². The summed E-state index contributed by atoms with van der Waals surface area (Å²) in [5, 5.41) is 1.49. The van der Waals surface area contributed by atoms with E-state index in [2.05, 4.69) is 0 Å². The fraction of sp³-hybridized carbons (Fsp3) is 0.611. The van der Waals surface area contributed by atoms with Gasteiger partial charge in [0.2, 0.25) is 10.0 Å². The van der Waals surface area contributed by atoms with Gasteiger partial charge in [-0.3, -0.25) is 9.63 Å². The number of hydrogen-bond acceptors (Lipinski definition) is 6. The first kappa shape index (κ1) is 21.8. The van der Waals surface area contributed by atoms with Gasteiger partial charge in [0.25, 0.3) is 0 Å². The number of sulfonamides is 1. The van der Waals surface area contributed by atoms with Crippen molar-refractivity contribution in [2.45, 2.75) is 31.1 Å². The van der Waals surface area contributed by atoms with Crippen LogP contribution in [0.3, 0.4) is 0 Å². The molecule has 0 saturated carbocycles. The third kappa shape index (κ3) is 4.32. The molecule has 1 aromatic carbocycles. The molecule has 0 amide bonds. The van der Waals surface area contributed by atoms with Crippen LogP contribution in [0.5, 0.6) is 0 Å². The number of hydroxylamine groups is 2. The Bertz CT molecular complexity index is 835. The van der Waals surface area contributed by atoms with E-state index in [1.54, 1.807) is 32.2 Å². The molecule has 2 saturated heterocycles. The summed E-state index contributed by atoms with van der Waals surface area (Å²) in [6, 6.07) is 4.54. The third-order valence-electron chi connectivity index (χ3n) is 5.22. The van der Waals surface area contributed by atoms with Crippen molar-refractivity contribution in [1.29, 1.82) is 0 Å². The second-order valence-corrected chi connectivity index (χ2v) is 9.96. The van der Waals surface area contributed by atoms with Crippen LogP contribution in [-0.4, -0.2) is 62.4 Å². The Labute approximate surface area is 175 Å². The molecule has 7 nitrogen and oxygen atoms in total. The third-order valence-corrected chi connectivity index (χ3v) is 8.17. The fourth-order valence-electron chi connectivity index (χ4n) is 3.78. The predicted molar refractivity (Wildman–Crippen MR) is 107 cm³/mol. The van der Waals surface area contributed by atoms with Crippen LogP contribution in [0.1, 0.15) is 31.4 Å². The highest BCUT2D eigenvalue weighted by Gasteiger charge is 2.47. The molecule has 0 aromatic heterocycles. The highest BCUT2D eigenvalue weighted by Crippen LogP contribution is 2.38. The van der Waals surface area contributed by atoms with Crippen molar-refractivity contribution in [1.82, 2.24) is 9.37 Å². The number of rotatable bonds is 5. The van der Waals surface area contributed by atoms with E-state index in [9.17, 15) is 13.2 Å². The Morgan fingerprint density at radius 3 is 2.75 bits per heavy atom. The summed E-state index contributed by atoms with van der Waals surface area (Å²) >= 11 is 12.1. The smallest absolute Gasteiger partial charge is 0.310 e. The molecule has 28 heavy (non-hydrogen) atoms. The lowest BCUT2D eigenvalue weighted by atomic mass is 10.0. The maximum atomic E-state index is 13.4. The summed E-state index contributed by atoms with van der Waals surface area (Å²) in [5.74, 6) is -0.782. The maximum Gasteiger partial charge on any atom is 0.310 e. The van der Waals surface area contributed by atoms with Crippen LogP contribution in [0.4, 0.5) is 0 Å². The molecule has 0 N–H and O–H groups in total. The maximum absolute atomic E-state index is 13.4. The van der Waals surface area contributed by atoms with Crippen molar-refractivity contribution < 1.29 is 22.8 Å². The van der Waals surface area contributed by atoms with Crippen molar-refractivity contribution in [2.75, 3.05) is 33.4 Å². The van der Waals surface area contributed by atoms with Gasteiger partial charge in [-0.1, -0.05) is 29.3 Å². The van der Waals surface area contributed by atoms with Crippen LogP contribution >= 0.6 is 23.2 Å². The fourth-order valence-corrected chi connectivity index (χ4v) is 6.13. The molecule has 156 valence electrons. The van der Waals surface area contributed by atoms with Crippen molar-refractivity contribution in [2.24, 2.45) is 5.92 Å². The van der Waals surface area contributed by atoms with E-state index >= 15 is 0 Å². The number of halogens is 2. The molecular formula is C18H24Cl2N2O5S. The van der Waals surface area contributed by atoms with Gasteiger partial charge in [0, 0.05) is 20.1 Å². The first-order chi connectivity index (χ1) is 13.3. The molecule has 0 bridgehead atoms. The van der Waals surface area contributed by atoms with Crippen LogP contribution in [0.15, 0.2) is 18.2 Å². The highest BCUT2D eigenvalue weighted by molar-refractivity contribution is 7.89. The van der Waals surface area contributed by atoms with Gasteiger partial charge in [0.05, 0.1) is 35.2 Å². The number of carbonyl (C=O) groups excluding carboxylic acids is 1. The van der Waals surface area contributed by atoms with E-state index in [1.807, 2.05) is 0 Å². The normalized spacial score (nSPS) is 27.1. The summed E-state index contributed by atoms with van der Waals surface area (Å²) in [4.78, 5) is 17.6. The van der Waals surface area contributed by atoms with Gasteiger partial charge in [0.15, 0.2) is 0 Å². The van der Waals surface area contributed by atoms with Gasteiger partial charge >= 0.3 is 5.97 Å². The molecule has 3 rings (SSSR count). The lowest BCUT2D eigenvalue weighted by Crippen LogP contribution is -2.48. The van der Waals surface area contributed by atoms with E-state index < -0.39 is 27.2 Å². The van der Waals surface area contributed by atoms with Crippen LogP contribution in [0.2, 0.25) is 10.0 Å². The standard InChI is InChI=1S/C18H24Cl2N2O5S/c1-3-26-18(23)13-5-4-8-22(10-13)28(24,25)16-11-27-21(2)17(16)12-6-7-14(19)15(20)9-12/h6-7,9,13,16-17H,3-5,8,10-11H2,1-2H3. The molecular weight excluding hydrogens is 427 g/mol. The summed E-state index contributed by atoms with van der Waals surface area (Å²) in [7, 11) is -2.02. The van der Waals surface area contributed by atoms with Gasteiger partial charge in [0.1, 0.15) is 5.25 Å². The Morgan fingerprint density at radius 2 is 2.07 bits per heavy atom. The number of carbonyl (C=O) groups is 1. The van der Waals surface area contributed by atoms with Gasteiger partial charge in [-0.15, -0.1) is 0 Å². The van der Waals surface area contributed by atoms with Crippen LogP contribution in [-0.2, 0) is 24.4 Å². The summed E-state index contributed by atoms with van der Waals surface area (Å²) in [6.07, 6.45) is 1.24. The second-order valence-electron chi connectivity index (χ2n) is 6.99. The van der Waals surface area contributed by atoms with Gasteiger partial charge in [-0.25, -0.2) is 12.7 Å². The minimum Gasteiger partial charge on any atom is -0.466 e. The lowest BCUT2D eigenvalue weighted by Gasteiger charge is -2.34. The SMILES string of the molecule is CCOC(=O)C1CCCN(S(=O)(=O)C2CON(C)C2c2ccc(Cl)c(Cl)c2)C1. The molecule has 1 aromatic rings. The van der Waals surface area contributed by atoms with E-state index in [0.717, 1.165) is 0 Å². The van der Waals surface area contributed by atoms with Crippen molar-refractivity contribution in [3.05, 3.63) is 33.8 Å². The van der Waals surface area contributed by atoms with Crippen LogP contribution in [0, 0.1) is 5.92 Å². The number of nitrogens with zero attached hydrogens (tertiary/aromatic N) is 2.